The molecule has 0 aliphatic heterocycles. The molecule has 0 heterocycles. The maximum atomic E-state index is 3.30. The SMILES string of the molecule is CC1=CC=C(C#CC2=CC=C(C)CC2)CC1. The molecule has 0 nitrogen and oxygen atoms in total. The first-order valence-electron chi connectivity index (χ1n) is 5.99. The highest BCUT2D eigenvalue weighted by Crippen LogP contribution is 2.19. The van der Waals surface area contributed by atoms with Crippen LogP contribution in [-0.4, -0.2) is 0 Å². The van der Waals surface area contributed by atoms with Gasteiger partial charge in [-0.1, -0.05) is 47.3 Å². The van der Waals surface area contributed by atoms with E-state index in [1.807, 2.05) is 0 Å². The standard InChI is InChI=1S/C16H18/c1-13-3-7-15(8-4-13)11-12-16-9-5-14(2)6-10-16/h3,5,7,9H,4,6,8,10H2,1-2H3. The molecule has 82 valence electrons. The molecule has 0 aromatic rings. The molecule has 0 aromatic carbocycles. The molecule has 0 amide bonds. The van der Waals surface area contributed by atoms with E-state index in [9.17, 15) is 0 Å². The van der Waals surface area contributed by atoms with E-state index in [1.165, 1.54) is 35.1 Å². The van der Waals surface area contributed by atoms with Crippen molar-refractivity contribution in [3.63, 3.8) is 0 Å². The minimum absolute atomic E-state index is 1.11. The van der Waals surface area contributed by atoms with Crippen LogP contribution in [0, 0.1) is 11.8 Å². The van der Waals surface area contributed by atoms with Gasteiger partial charge in [0.15, 0.2) is 0 Å². The molecule has 0 saturated carbocycles. The fourth-order valence-electron chi connectivity index (χ4n) is 1.85. The molecule has 16 heavy (non-hydrogen) atoms. The van der Waals surface area contributed by atoms with Gasteiger partial charge >= 0.3 is 0 Å². The van der Waals surface area contributed by atoms with Gasteiger partial charge in [0, 0.05) is 11.1 Å². The van der Waals surface area contributed by atoms with Gasteiger partial charge in [0.05, 0.1) is 0 Å². The summed E-state index contributed by atoms with van der Waals surface area (Å²) in [7, 11) is 0. The second-order valence-corrected chi connectivity index (χ2v) is 4.66. The first kappa shape index (κ1) is 11.0. The summed E-state index contributed by atoms with van der Waals surface area (Å²) in [5, 5.41) is 0. The van der Waals surface area contributed by atoms with Crippen LogP contribution in [0.4, 0.5) is 0 Å². The molecule has 0 saturated heterocycles. The summed E-state index contributed by atoms with van der Waals surface area (Å²) < 4.78 is 0. The van der Waals surface area contributed by atoms with E-state index >= 15 is 0 Å². The summed E-state index contributed by atoms with van der Waals surface area (Å²) in [6.07, 6.45) is 13.2. The predicted molar refractivity (Wildman–Crippen MR) is 69.9 cm³/mol. The van der Waals surface area contributed by atoms with E-state index in [2.05, 4.69) is 50.0 Å². The fourth-order valence-corrected chi connectivity index (χ4v) is 1.85. The highest BCUT2D eigenvalue weighted by molar-refractivity contribution is 5.44. The zero-order valence-electron chi connectivity index (χ0n) is 10.1. The maximum Gasteiger partial charge on any atom is 0.00271 e. The average Bonchev–Trinajstić information content (AvgIpc) is 2.30. The van der Waals surface area contributed by atoms with Crippen LogP contribution >= 0.6 is 0 Å². The minimum Gasteiger partial charge on any atom is -0.0729 e. The van der Waals surface area contributed by atoms with E-state index in [-0.39, 0.29) is 0 Å². The van der Waals surface area contributed by atoms with Crippen LogP contribution in [0.5, 0.6) is 0 Å². The molecule has 0 atom stereocenters. The smallest absolute Gasteiger partial charge is 0.00271 e. The molecule has 2 rings (SSSR count). The highest BCUT2D eigenvalue weighted by Gasteiger charge is 2.02. The van der Waals surface area contributed by atoms with E-state index < -0.39 is 0 Å². The average molecular weight is 210 g/mol. The van der Waals surface area contributed by atoms with Gasteiger partial charge in [0.2, 0.25) is 0 Å². The molecule has 2 aliphatic carbocycles. The molecular weight excluding hydrogens is 192 g/mol. The summed E-state index contributed by atoms with van der Waals surface area (Å²) in [6, 6.07) is 0. The molecule has 0 aromatic heterocycles. The third-order valence-corrected chi connectivity index (χ3v) is 3.10. The van der Waals surface area contributed by atoms with E-state index in [1.54, 1.807) is 0 Å². The van der Waals surface area contributed by atoms with Crippen molar-refractivity contribution in [1.29, 1.82) is 0 Å². The third kappa shape index (κ3) is 3.00. The summed E-state index contributed by atoms with van der Waals surface area (Å²) >= 11 is 0. The molecule has 2 aliphatic rings. The van der Waals surface area contributed by atoms with Crippen LogP contribution in [0.3, 0.4) is 0 Å². The molecule has 0 spiro atoms. The van der Waals surface area contributed by atoms with Gasteiger partial charge in [-0.05, 0) is 39.5 Å². The largest absolute Gasteiger partial charge is 0.0729 e. The van der Waals surface area contributed by atoms with Crippen LogP contribution in [0.15, 0.2) is 46.6 Å². The van der Waals surface area contributed by atoms with Crippen molar-refractivity contribution in [2.75, 3.05) is 0 Å². The Labute approximate surface area is 98.4 Å². The normalized spacial score (nSPS) is 19.9. The number of hydrogen-bond donors (Lipinski definition) is 0. The first-order chi connectivity index (χ1) is 7.74. The topological polar surface area (TPSA) is 0 Å². The lowest BCUT2D eigenvalue weighted by molar-refractivity contribution is 0.928. The van der Waals surface area contributed by atoms with Crippen LogP contribution in [0.1, 0.15) is 39.5 Å². The second kappa shape index (κ2) is 5.03. The van der Waals surface area contributed by atoms with Gasteiger partial charge in [-0.15, -0.1) is 0 Å². The van der Waals surface area contributed by atoms with Crippen molar-refractivity contribution in [3.8, 4) is 11.8 Å². The zero-order chi connectivity index (χ0) is 11.4. The van der Waals surface area contributed by atoms with Gasteiger partial charge in [-0.25, -0.2) is 0 Å². The van der Waals surface area contributed by atoms with E-state index in [0.717, 1.165) is 12.8 Å². The Kier molecular flexibility index (Phi) is 3.47. The van der Waals surface area contributed by atoms with Crippen molar-refractivity contribution < 1.29 is 0 Å². The van der Waals surface area contributed by atoms with Gasteiger partial charge in [-0.2, -0.15) is 0 Å². The molecule has 0 radical (unpaired) electrons. The van der Waals surface area contributed by atoms with Crippen LogP contribution in [0.2, 0.25) is 0 Å². The lowest BCUT2D eigenvalue weighted by Gasteiger charge is -2.07. The maximum absolute atomic E-state index is 3.30. The van der Waals surface area contributed by atoms with E-state index in [4.69, 9.17) is 0 Å². The summed E-state index contributed by atoms with van der Waals surface area (Å²) in [4.78, 5) is 0. The Balaban J connectivity index is 2.06. The molecule has 0 fully saturated rings. The van der Waals surface area contributed by atoms with Gasteiger partial charge in [0.25, 0.3) is 0 Å². The van der Waals surface area contributed by atoms with Crippen molar-refractivity contribution >= 4 is 0 Å². The van der Waals surface area contributed by atoms with Crippen LogP contribution in [-0.2, 0) is 0 Å². The highest BCUT2D eigenvalue weighted by atomic mass is 14.1. The monoisotopic (exact) mass is 210 g/mol. The van der Waals surface area contributed by atoms with Gasteiger partial charge < -0.3 is 0 Å². The Morgan fingerprint density at radius 2 is 1.12 bits per heavy atom. The summed E-state index contributed by atoms with van der Waals surface area (Å²) in [5.41, 5.74) is 5.47. The Morgan fingerprint density at radius 1 is 0.688 bits per heavy atom. The molecule has 0 unspecified atom stereocenters. The molecule has 0 bridgehead atoms. The van der Waals surface area contributed by atoms with Gasteiger partial charge in [-0.3, -0.25) is 0 Å². The Bertz CT molecular complexity index is 414. The second-order valence-electron chi connectivity index (χ2n) is 4.66. The predicted octanol–water partition coefficient (Wildman–Crippen LogP) is 4.32. The lowest BCUT2D eigenvalue weighted by Crippen LogP contribution is -1.90. The van der Waals surface area contributed by atoms with E-state index in [0.29, 0.717) is 0 Å². The Morgan fingerprint density at radius 3 is 1.44 bits per heavy atom. The van der Waals surface area contributed by atoms with Crippen LogP contribution < -0.4 is 0 Å². The van der Waals surface area contributed by atoms with Crippen LogP contribution in [0.25, 0.3) is 0 Å². The molecule has 0 N–H and O–H groups in total. The minimum atomic E-state index is 1.11. The zero-order valence-corrected chi connectivity index (χ0v) is 10.1. The molecular formula is C16H18. The number of hydrogen-bond acceptors (Lipinski definition) is 0. The number of rotatable bonds is 0. The van der Waals surface area contributed by atoms with Crippen molar-refractivity contribution in [1.82, 2.24) is 0 Å². The first-order valence-corrected chi connectivity index (χ1v) is 5.99. The molecule has 0 heteroatoms. The lowest BCUT2D eigenvalue weighted by atomic mass is 9.97. The fraction of sp³-hybridized carbons (Fsp3) is 0.375. The summed E-state index contributed by atoms with van der Waals surface area (Å²) in [5.74, 6) is 6.59. The van der Waals surface area contributed by atoms with Gasteiger partial charge in [0.1, 0.15) is 0 Å². The summed E-state index contributed by atoms with van der Waals surface area (Å²) in [6.45, 7) is 4.36. The third-order valence-electron chi connectivity index (χ3n) is 3.10. The Hall–Kier alpha value is -1.48. The van der Waals surface area contributed by atoms with Crippen molar-refractivity contribution in [2.45, 2.75) is 39.5 Å². The van der Waals surface area contributed by atoms with Crippen molar-refractivity contribution in [3.05, 3.63) is 46.6 Å². The quantitative estimate of drug-likeness (QED) is 0.522. The number of allylic oxidation sites excluding steroid dienone is 8. The van der Waals surface area contributed by atoms with Crippen molar-refractivity contribution in [2.24, 2.45) is 0 Å².